The van der Waals surface area contributed by atoms with Crippen LogP contribution in [0.25, 0.3) is 11.8 Å². The number of phenols is 1. The Balaban J connectivity index is 0.775. The minimum absolute atomic E-state index is 0.0717. The highest BCUT2D eigenvalue weighted by atomic mass is 16.5. The molecule has 4 aromatic rings. The van der Waals surface area contributed by atoms with Gasteiger partial charge in [0, 0.05) is 80.0 Å². The van der Waals surface area contributed by atoms with E-state index in [9.17, 15) is 9.90 Å². The van der Waals surface area contributed by atoms with Crippen LogP contribution in [0.3, 0.4) is 0 Å². The number of piperidine rings is 2. The molecule has 13 nitrogen and oxygen atoms in total. The van der Waals surface area contributed by atoms with E-state index in [1.807, 2.05) is 57.1 Å². The van der Waals surface area contributed by atoms with Gasteiger partial charge < -0.3 is 34.1 Å². The summed E-state index contributed by atoms with van der Waals surface area (Å²) in [6.07, 6.45) is 14.4. The Morgan fingerprint density at radius 1 is 1.07 bits per heavy atom. The summed E-state index contributed by atoms with van der Waals surface area (Å²) in [4.78, 5) is 33.6. The standard InChI is InChI=1S/C44H57N9O4/c1-6-56-42(55)39(27(2)3)37-22-38(49-57-37)52-19-14-44(15-20-52)23-31(24-44)51-16-11-29(12-17-51)30-25-45-43(46-26-30)53-18-13-34-40(28(53)4)33-21-35(48-50(5)41(33)47-34)32-9-7-8-10-36(32)54/h7-10,21-22,25-29,31,39,47-48,54H,6,11-20,23-24H2,1-5H3/t28-,39?/m1/s1. The number of para-hydroxylation sites is 1. The Kier molecular flexibility index (Phi) is 9.90. The van der Waals surface area contributed by atoms with E-state index >= 15 is 0 Å². The topological polar surface area (TPSA) is 139 Å². The summed E-state index contributed by atoms with van der Waals surface area (Å²) in [6, 6.07) is 10.2. The highest BCUT2D eigenvalue weighted by molar-refractivity contribution is 5.91. The molecule has 5 aliphatic rings. The maximum Gasteiger partial charge on any atom is 0.317 e. The molecule has 1 aromatic carbocycles. The van der Waals surface area contributed by atoms with Gasteiger partial charge in [0.25, 0.3) is 0 Å². The van der Waals surface area contributed by atoms with Crippen LogP contribution in [0, 0.1) is 11.3 Å². The first-order valence-electron chi connectivity index (χ1n) is 21.1. The second kappa shape index (κ2) is 15.0. The van der Waals surface area contributed by atoms with Crippen LogP contribution in [-0.4, -0.2) is 88.5 Å². The van der Waals surface area contributed by atoms with Crippen LogP contribution in [0.1, 0.15) is 118 Å². The van der Waals surface area contributed by atoms with Gasteiger partial charge in [-0.2, -0.15) is 0 Å². The van der Waals surface area contributed by atoms with Crippen molar-refractivity contribution >= 4 is 35.3 Å². The molecule has 302 valence electrons. The Hall–Kier alpha value is -5.04. The molecule has 1 aliphatic carbocycles. The zero-order valence-corrected chi connectivity index (χ0v) is 34.0. The molecule has 57 heavy (non-hydrogen) atoms. The number of hydrogen-bond donors (Lipinski definition) is 3. The van der Waals surface area contributed by atoms with E-state index in [1.54, 1.807) is 6.07 Å². The average molecular weight is 776 g/mol. The van der Waals surface area contributed by atoms with Gasteiger partial charge in [-0.15, -0.1) is 0 Å². The summed E-state index contributed by atoms with van der Waals surface area (Å²) in [5.74, 6) is 3.40. The lowest BCUT2D eigenvalue weighted by molar-refractivity contribution is -0.146. The number of aromatic amines is 1. The molecule has 7 heterocycles. The van der Waals surface area contributed by atoms with Gasteiger partial charge in [0.1, 0.15) is 17.5 Å². The number of esters is 1. The zero-order chi connectivity index (χ0) is 39.4. The largest absolute Gasteiger partial charge is 0.507 e. The Labute approximate surface area is 335 Å². The molecule has 2 atom stereocenters. The fourth-order valence-corrected chi connectivity index (χ4v) is 10.4. The highest BCUT2D eigenvalue weighted by Gasteiger charge is 2.48. The molecule has 0 bridgehead atoms. The number of aromatic nitrogens is 4. The summed E-state index contributed by atoms with van der Waals surface area (Å²) in [6.45, 7) is 13.5. The van der Waals surface area contributed by atoms with E-state index in [1.165, 1.54) is 42.5 Å². The number of fused-ring (bicyclic) bond motifs is 3. The summed E-state index contributed by atoms with van der Waals surface area (Å²) in [5.41, 5.74) is 10.4. The van der Waals surface area contributed by atoms with Crippen molar-refractivity contribution in [1.82, 2.24) is 30.4 Å². The number of nitrogens with one attached hydrogen (secondary N) is 2. The van der Waals surface area contributed by atoms with E-state index in [0.29, 0.717) is 29.7 Å². The molecule has 3 fully saturated rings. The number of likely N-dealkylation sites (tertiary alicyclic amines) is 1. The van der Waals surface area contributed by atoms with E-state index in [-0.39, 0.29) is 23.7 Å². The van der Waals surface area contributed by atoms with Crippen LogP contribution in [0.2, 0.25) is 0 Å². The van der Waals surface area contributed by atoms with E-state index < -0.39 is 5.92 Å². The van der Waals surface area contributed by atoms with Gasteiger partial charge in [0.15, 0.2) is 11.6 Å². The normalized spacial score (nSPS) is 21.8. The van der Waals surface area contributed by atoms with Crippen molar-refractivity contribution in [2.45, 2.75) is 96.6 Å². The maximum atomic E-state index is 12.6. The average Bonchev–Trinajstić information content (AvgIpc) is 3.84. The van der Waals surface area contributed by atoms with Gasteiger partial charge in [-0.25, -0.2) is 9.97 Å². The molecule has 9 rings (SSSR count). The first kappa shape index (κ1) is 37.5. The molecular formula is C44H57N9O4. The van der Waals surface area contributed by atoms with Crippen LogP contribution in [0.15, 0.2) is 47.2 Å². The second-order valence-electron chi connectivity index (χ2n) is 17.4. The lowest BCUT2D eigenvalue weighted by atomic mass is 9.59. The quantitative estimate of drug-likeness (QED) is 0.151. The van der Waals surface area contributed by atoms with Gasteiger partial charge in [-0.3, -0.25) is 15.2 Å². The van der Waals surface area contributed by atoms with E-state index in [2.05, 4.69) is 55.7 Å². The molecule has 13 heteroatoms. The third-order valence-electron chi connectivity index (χ3n) is 13.7. The van der Waals surface area contributed by atoms with Gasteiger partial charge >= 0.3 is 5.97 Å². The van der Waals surface area contributed by atoms with Crippen LogP contribution < -0.4 is 20.2 Å². The summed E-state index contributed by atoms with van der Waals surface area (Å²) in [7, 11) is 2.01. The fraction of sp³-hybridized carbons (Fsp3) is 0.545. The number of ether oxygens (including phenoxy) is 1. The molecule has 1 saturated carbocycles. The predicted molar refractivity (Wildman–Crippen MR) is 221 cm³/mol. The van der Waals surface area contributed by atoms with Crippen molar-refractivity contribution in [3.63, 3.8) is 0 Å². The molecule has 1 unspecified atom stereocenters. The molecule has 2 saturated heterocycles. The number of anilines is 3. The highest BCUT2D eigenvalue weighted by Crippen LogP contribution is 2.52. The Morgan fingerprint density at radius 3 is 2.51 bits per heavy atom. The van der Waals surface area contributed by atoms with E-state index in [0.717, 1.165) is 86.4 Å². The number of H-pyrrole nitrogens is 1. The van der Waals surface area contributed by atoms with Gasteiger partial charge in [0.2, 0.25) is 5.95 Å². The number of benzene rings is 1. The van der Waals surface area contributed by atoms with Crippen LogP contribution in [0.4, 0.5) is 17.6 Å². The molecule has 3 N–H and O–H groups in total. The maximum absolute atomic E-state index is 12.6. The van der Waals surface area contributed by atoms with Crippen molar-refractivity contribution in [2.24, 2.45) is 11.3 Å². The van der Waals surface area contributed by atoms with E-state index in [4.69, 9.17) is 19.2 Å². The monoisotopic (exact) mass is 775 g/mol. The molecule has 0 radical (unpaired) electrons. The van der Waals surface area contributed by atoms with Crippen LogP contribution in [-0.2, 0) is 16.0 Å². The van der Waals surface area contributed by atoms with Crippen molar-refractivity contribution in [1.29, 1.82) is 0 Å². The summed E-state index contributed by atoms with van der Waals surface area (Å²) in [5, 5.41) is 17.0. The number of nitrogens with zero attached hydrogens (tertiary/aromatic N) is 7. The Bertz CT molecular complexity index is 2100. The fourth-order valence-electron chi connectivity index (χ4n) is 10.4. The zero-order valence-electron chi connectivity index (χ0n) is 34.0. The number of carbonyl (C=O) groups is 1. The molecular weight excluding hydrogens is 719 g/mol. The minimum atomic E-state index is -0.429. The summed E-state index contributed by atoms with van der Waals surface area (Å²) < 4.78 is 11.0. The third kappa shape index (κ3) is 6.91. The van der Waals surface area contributed by atoms with Gasteiger partial charge in [0.05, 0.1) is 18.3 Å². The second-order valence-corrected chi connectivity index (χ2v) is 17.4. The smallest absolute Gasteiger partial charge is 0.317 e. The van der Waals surface area contributed by atoms with Crippen molar-refractivity contribution in [3.05, 3.63) is 76.4 Å². The molecule has 0 amide bonds. The van der Waals surface area contributed by atoms with Crippen molar-refractivity contribution < 1.29 is 19.2 Å². The van der Waals surface area contributed by atoms with Crippen molar-refractivity contribution in [3.8, 4) is 5.75 Å². The SMILES string of the molecule is CCOC(=O)C(c1cc(N2CCC3(CC2)CC(N2CCC(c4cnc(N5CCc6[nH]c7c(c6[C@H]5C)C=C(c5ccccc5O)NN7C)nc4)CC2)C3)no1)C(C)C. The number of aromatic hydroxyl groups is 1. The van der Waals surface area contributed by atoms with Gasteiger partial charge in [-0.1, -0.05) is 31.1 Å². The van der Waals surface area contributed by atoms with Gasteiger partial charge in [-0.05, 0) is 106 Å². The minimum Gasteiger partial charge on any atom is -0.507 e. The predicted octanol–water partition coefficient (Wildman–Crippen LogP) is 7.01. The number of phenolic OH excluding ortho intramolecular Hbond substituents is 1. The molecule has 1 spiro atoms. The van der Waals surface area contributed by atoms with Crippen LogP contribution >= 0.6 is 0 Å². The number of hydrogen-bond acceptors (Lipinski definition) is 12. The molecule has 4 aliphatic heterocycles. The number of rotatable bonds is 9. The lowest BCUT2D eigenvalue weighted by Gasteiger charge is -2.56. The Morgan fingerprint density at radius 2 is 1.81 bits per heavy atom. The third-order valence-corrected chi connectivity index (χ3v) is 13.7. The lowest BCUT2D eigenvalue weighted by Crippen LogP contribution is -2.56. The van der Waals surface area contributed by atoms with Crippen LogP contribution in [0.5, 0.6) is 5.75 Å². The number of hydrazine groups is 1. The van der Waals surface area contributed by atoms with Crippen molar-refractivity contribution in [2.75, 3.05) is 61.2 Å². The molecule has 3 aromatic heterocycles. The first-order valence-corrected chi connectivity index (χ1v) is 21.1. The summed E-state index contributed by atoms with van der Waals surface area (Å²) >= 11 is 0. The number of carbonyl (C=O) groups excluding carboxylic acids is 1. The first-order chi connectivity index (χ1) is 27.6.